The fourth-order valence-corrected chi connectivity index (χ4v) is 3.32. The molecule has 0 radical (unpaired) electrons. The summed E-state index contributed by atoms with van der Waals surface area (Å²) in [7, 11) is 0. The normalized spacial score (nSPS) is 16.6. The van der Waals surface area contributed by atoms with E-state index < -0.39 is 0 Å². The summed E-state index contributed by atoms with van der Waals surface area (Å²) in [5.74, 6) is 1.06. The summed E-state index contributed by atoms with van der Waals surface area (Å²) in [5.41, 5.74) is 0. The van der Waals surface area contributed by atoms with Crippen LogP contribution in [-0.4, -0.2) is 30.5 Å². The van der Waals surface area contributed by atoms with Gasteiger partial charge in [-0.3, -0.25) is 0 Å². The Bertz CT molecular complexity index is 383. The molecule has 0 saturated carbocycles. The lowest BCUT2D eigenvalue weighted by Gasteiger charge is -2.20. The molecule has 2 heterocycles. The smallest absolute Gasteiger partial charge is 0.194 e. The lowest BCUT2D eigenvalue weighted by atomic mass is 10.4. The molecule has 0 atom stereocenters. The summed E-state index contributed by atoms with van der Waals surface area (Å²) in [6.07, 6.45) is 2.57. The Morgan fingerprint density at radius 2 is 2.29 bits per heavy atom. The van der Waals surface area contributed by atoms with Gasteiger partial charge in [-0.2, -0.15) is 0 Å². The number of hydrogen-bond acceptors (Lipinski definition) is 2. The van der Waals surface area contributed by atoms with Crippen molar-refractivity contribution >= 4 is 33.2 Å². The molecule has 1 N–H and O–H groups in total. The van der Waals surface area contributed by atoms with Crippen molar-refractivity contribution in [3.8, 4) is 0 Å². The maximum atomic E-state index is 4.70. The lowest BCUT2D eigenvalue weighted by Crippen LogP contribution is -2.39. The molecule has 0 aromatic carbocycles. The molecular formula is C12H18BrN3S. The summed E-state index contributed by atoms with van der Waals surface area (Å²) in [6, 6.07) is 2.14. The average molecular weight is 316 g/mol. The van der Waals surface area contributed by atoms with Gasteiger partial charge in [-0.05, 0) is 41.8 Å². The molecule has 1 aromatic heterocycles. The van der Waals surface area contributed by atoms with Gasteiger partial charge in [0.1, 0.15) is 0 Å². The first-order valence-electron chi connectivity index (χ1n) is 6.05. The van der Waals surface area contributed by atoms with E-state index in [1.807, 2.05) is 0 Å². The Morgan fingerprint density at radius 3 is 2.88 bits per heavy atom. The van der Waals surface area contributed by atoms with Crippen molar-refractivity contribution in [2.75, 3.05) is 19.6 Å². The number of rotatable bonds is 3. The minimum absolute atomic E-state index is 0.773. The van der Waals surface area contributed by atoms with Crippen LogP contribution in [0.4, 0.5) is 0 Å². The molecule has 0 aliphatic carbocycles. The largest absolute Gasteiger partial charge is 0.357 e. The van der Waals surface area contributed by atoms with Gasteiger partial charge in [0.2, 0.25) is 0 Å². The van der Waals surface area contributed by atoms with Gasteiger partial charge >= 0.3 is 0 Å². The maximum Gasteiger partial charge on any atom is 0.194 e. The first-order chi connectivity index (χ1) is 8.29. The fourth-order valence-electron chi connectivity index (χ4n) is 1.94. The first-order valence-corrected chi connectivity index (χ1v) is 7.73. The zero-order chi connectivity index (χ0) is 12.1. The minimum Gasteiger partial charge on any atom is -0.357 e. The molecule has 5 heteroatoms. The predicted molar refractivity (Wildman–Crippen MR) is 77.6 cm³/mol. The van der Waals surface area contributed by atoms with E-state index in [4.69, 9.17) is 4.99 Å². The Morgan fingerprint density at radius 1 is 1.53 bits per heavy atom. The molecule has 1 aromatic rings. The van der Waals surface area contributed by atoms with Gasteiger partial charge in [-0.1, -0.05) is 0 Å². The highest BCUT2D eigenvalue weighted by atomic mass is 79.9. The van der Waals surface area contributed by atoms with E-state index >= 15 is 0 Å². The lowest BCUT2D eigenvalue weighted by molar-refractivity contribution is 0.494. The van der Waals surface area contributed by atoms with E-state index in [0.717, 1.165) is 36.6 Å². The summed E-state index contributed by atoms with van der Waals surface area (Å²) in [6.45, 7) is 6.10. The van der Waals surface area contributed by atoms with Crippen LogP contribution in [0, 0.1) is 0 Å². The topological polar surface area (TPSA) is 27.6 Å². The van der Waals surface area contributed by atoms with Crippen LogP contribution in [0.2, 0.25) is 0 Å². The number of nitrogens with zero attached hydrogens (tertiary/aromatic N) is 2. The van der Waals surface area contributed by atoms with Crippen LogP contribution >= 0.6 is 27.3 Å². The Hall–Kier alpha value is -0.550. The molecule has 0 spiro atoms. The summed E-state index contributed by atoms with van der Waals surface area (Å²) in [5, 5.41) is 5.48. The number of nitrogens with one attached hydrogen (secondary N) is 1. The van der Waals surface area contributed by atoms with E-state index in [9.17, 15) is 0 Å². The molecule has 1 aliphatic rings. The second kappa shape index (κ2) is 6.40. The van der Waals surface area contributed by atoms with Crippen LogP contribution in [0.1, 0.15) is 24.6 Å². The van der Waals surface area contributed by atoms with Gasteiger partial charge in [0, 0.05) is 34.4 Å². The molecule has 1 fully saturated rings. The molecule has 1 saturated heterocycles. The summed E-state index contributed by atoms with van der Waals surface area (Å²) < 4.78 is 1.15. The number of guanidine groups is 1. The van der Waals surface area contributed by atoms with E-state index in [0.29, 0.717) is 0 Å². The van der Waals surface area contributed by atoms with Gasteiger partial charge < -0.3 is 10.2 Å². The van der Waals surface area contributed by atoms with Crippen molar-refractivity contribution in [3.63, 3.8) is 0 Å². The molecule has 94 valence electrons. The van der Waals surface area contributed by atoms with Crippen LogP contribution in [0.5, 0.6) is 0 Å². The average Bonchev–Trinajstić information content (AvgIpc) is 2.95. The Kier molecular flexibility index (Phi) is 4.86. The quantitative estimate of drug-likeness (QED) is 0.685. The van der Waals surface area contributed by atoms with Gasteiger partial charge in [-0.15, -0.1) is 11.3 Å². The summed E-state index contributed by atoms with van der Waals surface area (Å²) in [4.78, 5) is 8.35. The Balaban J connectivity index is 1.99. The number of likely N-dealkylation sites (tertiary alicyclic amines) is 1. The van der Waals surface area contributed by atoms with Gasteiger partial charge in [0.05, 0.1) is 6.54 Å². The predicted octanol–water partition coefficient (Wildman–Crippen LogP) is 3.07. The van der Waals surface area contributed by atoms with Crippen LogP contribution in [0.3, 0.4) is 0 Å². The number of hydrogen-bond donors (Lipinski definition) is 1. The van der Waals surface area contributed by atoms with Crippen molar-refractivity contribution in [1.29, 1.82) is 0 Å². The Labute approximate surface area is 115 Å². The third-order valence-corrected chi connectivity index (χ3v) is 4.43. The molecule has 0 unspecified atom stereocenters. The summed E-state index contributed by atoms with van der Waals surface area (Å²) >= 11 is 5.22. The molecule has 0 bridgehead atoms. The van der Waals surface area contributed by atoms with Crippen molar-refractivity contribution < 1.29 is 0 Å². The monoisotopic (exact) mass is 315 g/mol. The van der Waals surface area contributed by atoms with E-state index in [2.05, 4.69) is 44.5 Å². The highest BCUT2D eigenvalue weighted by Gasteiger charge is 2.15. The molecule has 17 heavy (non-hydrogen) atoms. The molecular weight excluding hydrogens is 298 g/mol. The SMILES string of the molecule is CCNC(=NCc1cc(Br)cs1)N1CCCC1. The van der Waals surface area contributed by atoms with Crippen molar-refractivity contribution in [2.24, 2.45) is 4.99 Å². The van der Waals surface area contributed by atoms with E-state index in [1.54, 1.807) is 11.3 Å². The maximum absolute atomic E-state index is 4.70. The van der Waals surface area contributed by atoms with Crippen molar-refractivity contribution in [3.05, 3.63) is 20.8 Å². The minimum atomic E-state index is 0.773. The van der Waals surface area contributed by atoms with Crippen LogP contribution < -0.4 is 5.32 Å². The molecule has 1 aliphatic heterocycles. The highest BCUT2D eigenvalue weighted by Crippen LogP contribution is 2.20. The number of aliphatic imine (C=N–C) groups is 1. The van der Waals surface area contributed by atoms with Gasteiger partial charge in [0.15, 0.2) is 5.96 Å². The third kappa shape index (κ3) is 3.71. The first kappa shape index (κ1) is 12.9. The van der Waals surface area contributed by atoms with Crippen LogP contribution in [0.25, 0.3) is 0 Å². The standard InChI is InChI=1S/C12H18BrN3S/c1-2-14-12(16-5-3-4-6-16)15-8-11-7-10(13)9-17-11/h7,9H,2-6,8H2,1H3,(H,14,15). The molecule has 2 rings (SSSR count). The van der Waals surface area contributed by atoms with Crippen molar-refractivity contribution in [2.45, 2.75) is 26.3 Å². The zero-order valence-electron chi connectivity index (χ0n) is 10.1. The van der Waals surface area contributed by atoms with E-state index in [1.165, 1.54) is 17.7 Å². The molecule has 0 amide bonds. The second-order valence-corrected chi connectivity index (χ2v) is 6.01. The second-order valence-electron chi connectivity index (χ2n) is 4.10. The highest BCUT2D eigenvalue weighted by molar-refractivity contribution is 9.10. The van der Waals surface area contributed by atoms with E-state index in [-0.39, 0.29) is 0 Å². The van der Waals surface area contributed by atoms with Crippen LogP contribution in [-0.2, 0) is 6.54 Å². The third-order valence-electron chi connectivity index (χ3n) is 2.75. The van der Waals surface area contributed by atoms with Gasteiger partial charge in [0.25, 0.3) is 0 Å². The molecule has 3 nitrogen and oxygen atoms in total. The number of halogens is 1. The zero-order valence-corrected chi connectivity index (χ0v) is 12.5. The fraction of sp³-hybridized carbons (Fsp3) is 0.583. The van der Waals surface area contributed by atoms with Crippen LogP contribution in [0.15, 0.2) is 20.9 Å². The van der Waals surface area contributed by atoms with Gasteiger partial charge in [-0.25, -0.2) is 4.99 Å². The number of thiophene rings is 1. The van der Waals surface area contributed by atoms with Crippen molar-refractivity contribution in [1.82, 2.24) is 10.2 Å².